The number of rotatable bonds is 12. The summed E-state index contributed by atoms with van der Waals surface area (Å²) in [5, 5.41) is 17.3. The zero-order chi connectivity index (χ0) is 29.7. The van der Waals surface area contributed by atoms with Gasteiger partial charge < -0.3 is 15.2 Å². The Labute approximate surface area is 243 Å². The molecule has 4 aliphatic rings. The average Bonchev–Trinajstić information content (AvgIpc) is 3.24. The molecule has 0 radical (unpaired) electrons. The third kappa shape index (κ3) is 6.73. The van der Waals surface area contributed by atoms with Crippen molar-refractivity contribution in [3.8, 4) is 0 Å². The maximum atomic E-state index is 14.2. The molecule has 9 heteroatoms. The second-order valence-electron chi connectivity index (χ2n) is 12.4. The number of nitrogens with one attached hydrogen (secondary N) is 2. The zero-order valence-electron chi connectivity index (χ0n) is 24.8. The molecule has 7 unspecified atom stereocenters. The third-order valence-electron chi connectivity index (χ3n) is 9.55. The van der Waals surface area contributed by atoms with E-state index < -0.39 is 41.0 Å². The first-order valence-electron chi connectivity index (χ1n) is 15.4. The molecule has 41 heavy (non-hydrogen) atoms. The van der Waals surface area contributed by atoms with Crippen molar-refractivity contribution in [2.45, 2.75) is 64.9 Å². The number of aliphatic hydroxyl groups is 1. The molecule has 7 atom stereocenters. The molecule has 0 spiro atoms. The SMILES string of the molecule is C=CC(CCCCC)C1=C(C(=O)C2C(C)C=CC3(O)CC(C(=O)NCCN4CCOCC4)CC(C)C23)C(=O)NC1=O. The Morgan fingerprint density at radius 3 is 2.66 bits per heavy atom. The molecule has 2 heterocycles. The summed E-state index contributed by atoms with van der Waals surface area (Å²) in [4.78, 5) is 55.6. The lowest BCUT2D eigenvalue weighted by Gasteiger charge is -2.51. The number of hydrogen-bond acceptors (Lipinski definition) is 7. The van der Waals surface area contributed by atoms with Gasteiger partial charge in [-0.2, -0.15) is 0 Å². The Balaban J connectivity index is 1.52. The van der Waals surface area contributed by atoms with Crippen LogP contribution in [0.15, 0.2) is 36.0 Å². The number of allylic oxidation sites excluding steroid dienone is 2. The summed E-state index contributed by atoms with van der Waals surface area (Å²) >= 11 is 0. The van der Waals surface area contributed by atoms with Crippen LogP contribution in [0.3, 0.4) is 0 Å². The van der Waals surface area contributed by atoms with E-state index in [1.54, 1.807) is 12.2 Å². The fourth-order valence-electron chi connectivity index (χ4n) is 7.45. The van der Waals surface area contributed by atoms with Gasteiger partial charge in [0.1, 0.15) is 0 Å². The van der Waals surface area contributed by atoms with Crippen LogP contribution in [0.4, 0.5) is 0 Å². The van der Waals surface area contributed by atoms with Gasteiger partial charge in [0.15, 0.2) is 5.78 Å². The van der Waals surface area contributed by atoms with Gasteiger partial charge in [-0.3, -0.25) is 29.4 Å². The van der Waals surface area contributed by atoms with Crippen molar-refractivity contribution in [2.24, 2.45) is 35.5 Å². The maximum Gasteiger partial charge on any atom is 0.262 e. The number of unbranched alkanes of at least 4 members (excludes halogenated alkanes) is 2. The van der Waals surface area contributed by atoms with Crippen LogP contribution in [0.2, 0.25) is 0 Å². The van der Waals surface area contributed by atoms with Gasteiger partial charge in [0.2, 0.25) is 5.91 Å². The summed E-state index contributed by atoms with van der Waals surface area (Å²) in [6, 6.07) is 0. The number of amides is 3. The van der Waals surface area contributed by atoms with Crippen molar-refractivity contribution in [1.29, 1.82) is 0 Å². The molecular formula is C32H47N3O6. The van der Waals surface area contributed by atoms with Crippen LogP contribution in [0, 0.1) is 35.5 Å². The van der Waals surface area contributed by atoms with E-state index in [1.165, 1.54) is 0 Å². The van der Waals surface area contributed by atoms with Gasteiger partial charge in [-0.05, 0) is 31.1 Å². The molecule has 1 saturated carbocycles. The first kappa shape index (κ1) is 31.3. The van der Waals surface area contributed by atoms with Crippen molar-refractivity contribution in [3.05, 3.63) is 36.0 Å². The molecule has 3 N–H and O–H groups in total. The van der Waals surface area contributed by atoms with Crippen LogP contribution in [0.1, 0.15) is 59.3 Å². The average molecular weight is 570 g/mol. The molecule has 0 aromatic rings. The summed E-state index contributed by atoms with van der Waals surface area (Å²) in [6.45, 7) is 14.3. The largest absolute Gasteiger partial charge is 0.385 e. The Morgan fingerprint density at radius 1 is 1.24 bits per heavy atom. The van der Waals surface area contributed by atoms with Crippen LogP contribution >= 0.6 is 0 Å². The first-order valence-corrected chi connectivity index (χ1v) is 15.4. The van der Waals surface area contributed by atoms with Crippen LogP contribution in [-0.2, 0) is 23.9 Å². The molecule has 0 aromatic heterocycles. The van der Waals surface area contributed by atoms with E-state index in [0.717, 1.165) is 38.9 Å². The van der Waals surface area contributed by atoms with Crippen LogP contribution in [0.5, 0.6) is 0 Å². The highest BCUT2D eigenvalue weighted by Gasteiger charge is 2.55. The molecule has 0 bridgehead atoms. The molecular weight excluding hydrogens is 522 g/mol. The van der Waals surface area contributed by atoms with E-state index in [2.05, 4.69) is 29.0 Å². The summed E-state index contributed by atoms with van der Waals surface area (Å²) in [6.07, 6.45) is 9.46. The molecule has 226 valence electrons. The van der Waals surface area contributed by atoms with E-state index in [0.29, 0.717) is 32.6 Å². The van der Waals surface area contributed by atoms with Crippen molar-refractivity contribution in [2.75, 3.05) is 39.4 Å². The molecule has 3 amide bonds. The molecule has 4 rings (SSSR count). The fraction of sp³-hybridized carbons (Fsp3) is 0.688. The molecule has 9 nitrogen and oxygen atoms in total. The van der Waals surface area contributed by atoms with Crippen molar-refractivity contribution < 1.29 is 29.0 Å². The number of fused-ring (bicyclic) bond motifs is 1. The zero-order valence-corrected chi connectivity index (χ0v) is 24.8. The Morgan fingerprint density at radius 2 is 1.98 bits per heavy atom. The number of Topliss-reactive ketones (excluding diaryl/α,β-unsaturated/α-hetero) is 1. The van der Waals surface area contributed by atoms with Gasteiger partial charge in [-0.15, -0.1) is 6.58 Å². The summed E-state index contributed by atoms with van der Waals surface area (Å²) in [5.74, 6) is -4.02. The molecule has 2 aliphatic heterocycles. The Bertz CT molecular complexity index is 1090. The van der Waals surface area contributed by atoms with Crippen molar-refractivity contribution in [1.82, 2.24) is 15.5 Å². The second-order valence-corrected chi connectivity index (χ2v) is 12.4. The monoisotopic (exact) mass is 569 g/mol. The number of nitrogens with zero attached hydrogens (tertiary/aromatic N) is 1. The lowest BCUT2D eigenvalue weighted by molar-refractivity contribution is -0.144. The van der Waals surface area contributed by atoms with Crippen LogP contribution < -0.4 is 10.6 Å². The van der Waals surface area contributed by atoms with E-state index >= 15 is 0 Å². The number of imide groups is 1. The van der Waals surface area contributed by atoms with Gasteiger partial charge in [-0.1, -0.05) is 58.3 Å². The topological polar surface area (TPSA) is 125 Å². The number of carbonyl (C=O) groups is 4. The van der Waals surface area contributed by atoms with Gasteiger partial charge >= 0.3 is 0 Å². The van der Waals surface area contributed by atoms with Gasteiger partial charge in [-0.25, -0.2) is 0 Å². The molecule has 0 aromatic carbocycles. The minimum absolute atomic E-state index is 0.0823. The Kier molecular flexibility index (Phi) is 10.4. The smallest absolute Gasteiger partial charge is 0.262 e. The third-order valence-corrected chi connectivity index (χ3v) is 9.55. The van der Waals surface area contributed by atoms with Gasteiger partial charge in [0.25, 0.3) is 11.8 Å². The molecule has 1 saturated heterocycles. The predicted octanol–water partition coefficient (Wildman–Crippen LogP) is 2.55. The summed E-state index contributed by atoms with van der Waals surface area (Å²) < 4.78 is 5.38. The standard InChI is InChI=1S/C32H47N3O6/c1-5-7-8-9-22(6-2)25-26(31(39)34-30(25)38)28(36)24-20(3)10-11-32(40)19-23(18-21(4)27(24)32)29(37)33-12-13-35-14-16-41-17-15-35/h6,10-11,20-24,27,40H,2,5,7-9,12-19H2,1,3-4H3,(H,33,37)(H,34,38,39). The van der Waals surface area contributed by atoms with E-state index in [-0.39, 0.29) is 41.2 Å². The van der Waals surface area contributed by atoms with Crippen molar-refractivity contribution >= 4 is 23.5 Å². The maximum absolute atomic E-state index is 14.2. The highest BCUT2D eigenvalue weighted by molar-refractivity contribution is 6.33. The molecule has 2 aliphatic carbocycles. The fourth-order valence-corrected chi connectivity index (χ4v) is 7.45. The van der Waals surface area contributed by atoms with E-state index in [9.17, 15) is 24.3 Å². The Hall–Kier alpha value is -2.62. The quantitative estimate of drug-likeness (QED) is 0.143. The number of morpholine rings is 1. The summed E-state index contributed by atoms with van der Waals surface area (Å²) in [5.41, 5.74) is -1.24. The highest BCUT2D eigenvalue weighted by atomic mass is 16.5. The number of hydrogen-bond donors (Lipinski definition) is 3. The number of carbonyl (C=O) groups excluding carboxylic acids is 4. The molecule has 2 fully saturated rings. The van der Waals surface area contributed by atoms with E-state index in [4.69, 9.17) is 4.74 Å². The number of ether oxygens (including phenoxy) is 1. The minimum atomic E-state index is -1.37. The summed E-state index contributed by atoms with van der Waals surface area (Å²) in [7, 11) is 0. The van der Waals surface area contributed by atoms with Crippen molar-refractivity contribution in [3.63, 3.8) is 0 Å². The lowest BCUT2D eigenvalue weighted by atomic mass is 9.55. The first-order chi connectivity index (χ1) is 19.6. The number of ketones is 1. The highest BCUT2D eigenvalue weighted by Crippen LogP contribution is 2.51. The van der Waals surface area contributed by atoms with Crippen LogP contribution in [-0.4, -0.2) is 78.5 Å². The minimum Gasteiger partial charge on any atom is -0.385 e. The second kappa shape index (κ2) is 13.6. The van der Waals surface area contributed by atoms with E-state index in [1.807, 2.05) is 19.9 Å². The van der Waals surface area contributed by atoms with Gasteiger partial charge in [0.05, 0.1) is 24.4 Å². The normalized spacial score (nSPS) is 32.8. The van der Waals surface area contributed by atoms with Crippen LogP contribution in [0.25, 0.3) is 0 Å². The van der Waals surface area contributed by atoms with Gasteiger partial charge in [0, 0.05) is 55.4 Å². The lowest BCUT2D eigenvalue weighted by Crippen LogP contribution is -2.56. The predicted molar refractivity (Wildman–Crippen MR) is 155 cm³/mol.